The summed E-state index contributed by atoms with van der Waals surface area (Å²) in [6.07, 6.45) is 7.80. The summed E-state index contributed by atoms with van der Waals surface area (Å²) in [5, 5.41) is 7.86. The Bertz CT molecular complexity index is 2400. The second-order valence-electron chi connectivity index (χ2n) is 17.6. The van der Waals surface area contributed by atoms with E-state index in [0.717, 1.165) is 78.8 Å². The van der Waals surface area contributed by atoms with E-state index in [2.05, 4.69) is 59.2 Å². The zero-order valence-corrected chi connectivity index (χ0v) is 39.7. The molecule has 2 aliphatic heterocycles. The van der Waals surface area contributed by atoms with E-state index in [0.29, 0.717) is 39.0 Å². The van der Waals surface area contributed by atoms with Gasteiger partial charge in [0.05, 0.1) is 21.8 Å². The molecule has 2 aliphatic rings. The van der Waals surface area contributed by atoms with Crippen LogP contribution in [0, 0.1) is 0 Å². The number of nitrogens with zero attached hydrogens (tertiary/aromatic N) is 6. The molecule has 4 aromatic carbocycles. The minimum absolute atomic E-state index is 0.107. The maximum Gasteiger partial charge on any atom is 0.250 e. The van der Waals surface area contributed by atoms with Crippen LogP contribution in [0.2, 0.25) is 0 Å². The van der Waals surface area contributed by atoms with Gasteiger partial charge in [-0.25, -0.2) is 9.97 Å². The van der Waals surface area contributed by atoms with Gasteiger partial charge in [0.2, 0.25) is 23.6 Å². The molecular formula is C52H58N8O4S2. The van der Waals surface area contributed by atoms with E-state index < -0.39 is 12.1 Å². The molecule has 0 saturated carbocycles. The van der Waals surface area contributed by atoms with E-state index in [-0.39, 0.29) is 35.7 Å². The first-order chi connectivity index (χ1) is 32.0. The Kier molecular flexibility index (Phi) is 15.1. The predicted molar refractivity (Wildman–Crippen MR) is 262 cm³/mol. The molecular weight excluding hydrogens is 865 g/mol. The first kappa shape index (κ1) is 46.5. The monoisotopic (exact) mass is 922 g/mol. The summed E-state index contributed by atoms with van der Waals surface area (Å²) in [7, 11) is 7.71. The van der Waals surface area contributed by atoms with Gasteiger partial charge >= 0.3 is 0 Å². The third-order valence-corrected chi connectivity index (χ3v) is 14.6. The molecule has 0 aliphatic carbocycles. The molecule has 0 bridgehead atoms. The smallest absolute Gasteiger partial charge is 0.250 e. The molecule has 2 N–H and O–H groups in total. The van der Waals surface area contributed by atoms with Crippen LogP contribution in [-0.4, -0.2) is 108 Å². The van der Waals surface area contributed by atoms with Gasteiger partial charge in [-0.3, -0.25) is 19.2 Å². The van der Waals surface area contributed by atoms with E-state index in [1.54, 1.807) is 22.7 Å². The van der Waals surface area contributed by atoms with Crippen LogP contribution in [0.1, 0.15) is 83.8 Å². The number of carbonyl (C=O) groups excluding carboxylic acids is 4. The molecule has 14 heteroatoms. The lowest BCUT2D eigenvalue weighted by Gasteiger charge is -2.29. The Morgan fingerprint density at radius 3 is 1.29 bits per heavy atom. The first-order valence-electron chi connectivity index (χ1n) is 22.7. The molecule has 2 fully saturated rings. The standard InChI is InChI=1S/C52H58N8O4S2/c1-57(2)31-27-45(61)55-47(39-13-7-5-8-14-39)51(63)59-29-11-17-41(59)49-53-33-43(65-49)37-23-19-35(20-24-37)36-21-25-38(26-22-36)44-34-54-50(66-44)42-18-12-30-60(42)52(64)48(40-15-9-6-10-16-40)56-46(62)28-32-58(3)4/h5-10,13-16,19-26,33-34,41-42,47-48H,11-12,17-18,27-32H2,1-4H3,(H,55,61)(H,56,62)/t41-,42-,47-,48+/m0/s1. The molecule has 342 valence electrons. The predicted octanol–water partition coefficient (Wildman–Crippen LogP) is 8.55. The van der Waals surface area contributed by atoms with Crippen LogP contribution in [-0.2, 0) is 19.2 Å². The first-order valence-corrected chi connectivity index (χ1v) is 24.4. The second kappa shape index (κ2) is 21.5. The third kappa shape index (κ3) is 11.1. The summed E-state index contributed by atoms with van der Waals surface area (Å²) >= 11 is 3.23. The van der Waals surface area contributed by atoms with Crippen molar-refractivity contribution in [1.29, 1.82) is 0 Å². The van der Waals surface area contributed by atoms with Crippen LogP contribution in [0.25, 0.3) is 32.0 Å². The zero-order valence-electron chi connectivity index (χ0n) is 38.1. The average molecular weight is 923 g/mol. The van der Waals surface area contributed by atoms with Crippen molar-refractivity contribution >= 4 is 46.3 Å². The number of aromatic nitrogens is 2. The molecule has 4 atom stereocenters. The normalized spacial score (nSPS) is 17.0. The molecule has 66 heavy (non-hydrogen) atoms. The van der Waals surface area contributed by atoms with Gasteiger partial charge in [0.25, 0.3) is 0 Å². The highest BCUT2D eigenvalue weighted by molar-refractivity contribution is 7.15. The minimum Gasteiger partial charge on any atom is -0.340 e. The summed E-state index contributed by atoms with van der Waals surface area (Å²) in [6.45, 7) is 2.43. The van der Waals surface area contributed by atoms with Gasteiger partial charge in [0.15, 0.2) is 0 Å². The van der Waals surface area contributed by atoms with Crippen molar-refractivity contribution in [3.8, 4) is 32.0 Å². The van der Waals surface area contributed by atoms with Crippen molar-refractivity contribution in [3.63, 3.8) is 0 Å². The average Bonchev–Trinajstić information content (AvgIpc) is 4.19. The summed E-state index contributed by atoms with van der Waals surface area (Å²) < 4.78 is 0. The lowest BCUT2D eigenvalue weighted by atomic mass is 10.0. The van der Waals surface area contributed by atoms with E-state index in [1.165, 1.54) is 0 Å². The van der Waals surface area contributed by atoms with Gasteiger partial charge in [-0.2, -0.15) is 0 Å². The van der Waals surface area contributed by atoms with Crippen molar-refractivity contribution in [2.75, 3.05) is 54.4 Å². The van der Waals surface area contributed by atoms with Gasteiger partial charge in [0, 0.05) is 51.4 Å². The molecule has 2 aromatic heterocycles. The fourth-order valence-electron chi connectivity index (χ4n) is 8.69. The van der Waals surface area contributed by atoms with Crippen LogP contribution in [0.15, 0.2) is 122 Å². The fraction of sp³-hybridized carbons (Fsp3) is 0.346. The number of thiazole rings is 2. The zero-order chi connectivity index (χ0) is 46.2. The summed E-state index contributed by atoms with van der Waals surface area (Å²) in [6, 6.07) is 34.1. The highest BCUT2D eigenvalue weighted by atomic mass is 32.1. The Balaban J connectivity index is 0.914. The molecule has 12 nitrogen and oxygen atoms in total. The number of amides is 4. The quantitative estimate of drug-likeness (QED) is 0.0932. The Hall–Kier alpha value is -6.06. The number of carbonyl (C=O) groups is 4. The number of nitrogens with one attached hydrogen (secondary N) is 2. The molecule has 6 aromatic rings. The Morgan fingerprint density at radius 1 is 0.561 bits per heavy atom. The number of hydrogen-bond donors (Lipinski definition) is 2. The summed E-state index contributed by atoms with van der Waals surface area (Å²) in [5.41, 5.74) is 5.84. The van der Waals surface area contributed by atoms with Crippen LogP contribution in [0.5, 0.6) is 0 Å². The Morgan fingerprint density at radius 2 is 0.924 bits per heavy atom. The topological polar surface area (TPSA) is 131 Å². The van der Waals surface area contributed by atoms with Gasteiger partial charge in [-0.1, -0.05) is 109 Å². The number of rotatable bonds is 17. The summed E-state index contributed by atoms with van der Waals surface area (Å²) in [5.74, 6) is -0.516. The highest BCUT2D eigenvalue weighted by Crippen LogP contribution is 2.41. The molecule has 0 radical (unpaired) electrons. The van der Waals surface area contributed by atoms with Crippen molar-refractivity contribution < 1.29 is 19.2 Å². The molecule has 8 rings (SSSR count). The van der Waals surface area contributed by atoms with Gasteiger partial charge < -0.3 is 30.2 Å². The number of benzene rings is 4. The Labute approximate surface area is 395 Å². The van der Waals surface area contributed by atoms with E-state index in [9.17, 15) is 19.2 Å². The van der Waals surface area contributed by atoms with Gasteiger partial charge in [-0.15, -0.1) is 22.7 Å². The van der Waals surface area contributed by atoms with Gasteiger partial charge in [-0.05, 0) is 87.3 Å². The van der Waals surface area contributed by atoms with Gasteiger partial charge in [0.1, 0.15) is 22.1 Å². The lowest BCUT2D eigenvalue weighted by Crippen LogP contribution is -2.43. The third-order valence-electron chi connectivity index (χ3n) is 12.3. The van der Waals surface area contributed by atoms with Crippen molar-refractivity contribution in [2.24, 2.45) is 0 Å². The maximum absolute atomic E-state index is 14.2. The van der Waals surface area contributed by atoms with Crippen LogP contribution in [0.3, 0.4) is 0 Å². The highest BCUT2D eigenvalue weighted by Gasteiger charge is 2.38. The van der Waals surface area contributed by atoms with Crippen LogP contribution < -0.4 is 10.6 Å². The summed E-state index contributed by atoms with van der Waals surface area (Å²) in [4.78, 5) is 73.8. The van der Waals surface area contributed by atoms with Crippen LogP contribution >= 0.6 is 22.7 Å². The van der Waals surface area contributed by atoms with E-state index in [4.69, 9.17) is 9.97 Å². The van der Waals surface area contributed by atoms with Crippen molar-refractivity contribution in [3.05, 3.63) is 143 Å². The number of hydrogen-bond acceptors (Lipinski definition) is 10. The largest absolute Gasteiger partial charge is 0.340 e. The van der Waals surface area contributed by atoms with E-state index >= 15 is 0 Å². The van der Waals surface area contributed by atoms with Crippen LogP contribution in [0.4, 0.5) is 0 Å². The minimum atomic E-state index is -0.763. The van der Waals surface area contributed by atoms with Crippen molar-refractivity contribution in [1.82, 2.24) is 40.2 Å². The second-order valence-corrected chi connectivity index (χ2v) is 19.7. The molecule has 4 heterocycles. The van der Waals surface area contributed by atoms with Crippen molar-refractivity contribution in [2.45, 2.75) is 62.7 Å². The molecule has 0 unspecified atom stereocenters. The molecule has 4 amide bonds. The maximum atomic E-state index is 14.2. The fourth-order valence-corrected chi connectivity index (χ4v) is 10.8. The SMILES string of the molecule is CN(C)CCC(=O)N[C@H](C(=O)N1CCC[C@H]1c1ncc(-c2ccc(-c3ccc(-c4cnc([C@@H]5CCCN5C(=O)[C@H](NC(=O)CCN(C)C)c5ccccc5)s4)cc3)cc2)s1)c1ccccc1. The lowest BCUT2D eigenvalue weighted by molar-refractivity contribution is -0.137. The number of likely N-dealkylation sites (tertiary alicyclic amines) is 2. The molecule has 0 spiro atoms. The van der Waals surface area contributed by atoms with E-state index in [1.807, 2.05) is 121 Å². The molecule has 2 saturated heterocycles.